The summed E-state index contributed by atoms with van der Waals surface area (Å²) in [7, 11) is 0. The molecule has 4 heterocycles. The lowest BCUT2D eigenvalue weighted by Gasteiger charge is -2.23. The van der Waals surface area contributed by atoms with Gasteiger partial charge in [0.15, 0.2) is 5.82 Å². The summed E-state index contributed by atoms with van der Waals surface area (Å²) < 4.78 is 0. The van der Waals surface area contributed by atoms with Crippen molar-refractivity contribution in [2.75, 3.05) is 11.9 Å². The summed E-state index contributed by atoms with van der Waals surface area (Å²) >= 11 is 0. The normalized spacial score (nSPS) is 14.7. The van der Waals surface area contributed by atoms with Gasteiger partial charge in [-0.3, -0.25) is 10.1 Å². The Morgan fingerprint density at radius 1 is 1.31 bits per heavy atom. The molecule has 0 saturated heterocycles. The standard InChI is InChI=1S/C19H23N7/c1-12(8-15-9-13(2)25-26-15)22-19-16-5-7-21-11-17(16)23-18(24-19)14-4-3-6-20-10-14/h3-4,6,9-10,12,21H,5,7-8,11H2,1-2H3,(H,25,26)(H,22,23,24)/t12-/m0/s1. The Bertz CT molecular complexity index is 888. The summed E-state index contributed by atoms with van der Waals surface area (Å²) in [5.41, 5.74) is 5.34. The second-order valence-electron chi connectivity index (χ2n) is 6.78. The molecular weight excluding hydrogens is 326 g/mol. The number of hydrogen-bond donors (Lipinski definition) is 3. The van der Waals surface area contributed by atoms with Crippen LogP contribution in [0.25, 0.3) is 11.4 Å². The number of aryl methyl sites for hydroxylation is 1. The third kappa shape index (κ3) is 3.57. The lowest BCUT2D eigenvalue weighted by Crippen LogP contribution is -2.28. The minimum Gasteiger partial charge on any atom is -0.367 e. The lowest BCUT2D eigenvalue weighted by atomic mass is 10.1. The molecule has 0 aromatic carbocycles. The summed E-state index contributed by atoms with van der Waals surface area (Å²) in [6.45, 7) is 5.89. The van der Waals surface area contributed by atoms with Crippen LogP contribution in [0.4, 0.5) is 5.82 Å². The monoisotopic (exact) mass is 349 g/mol. The highest BCUT2D eigenvalue weighted by Gasteiger charge is 2.19. The number of fused-ring (bicyclic) bond motifs is 1. The van der Waals surface area contributed by atoms with E-state index in [2.05, 4.69) is 38.8 Å². The van der Waals surface area contributed by atoms with Crippen molar-refractivity contribution in [3.05, 3.63) is 53.2 Å². The third-order valence-corrected chi connectivity index (χ3v) is 4.51. The fraction of sp³-hybridized carbons (Fsp3) is 0.368. The fourth-order valence-corrected chi connectivity index (χ4v) is 3.28. The zero-order valence-corrected chi connectivity index (χ0v) is 15.1. The van der Waals surface area contributed by atoms with Crippen molar-refractivity contribution in [2.45, 2.75) is 39.3 Å². The molecule has 3 aromatic rings. The highest BCUT2D eigenvalue weighted by Crippen LogP contribution is 2.25. The topological polar surface area (TPSA) is 91.4 Å². The molecule has 0 fully saturated rings. The van der Waals surface area contributed by atoms with Crippen LogP contribution < -0.4 is 10.6 Å². The molecule has 1 aliphatic rings. The van der Waals surface area contributed by atoms with Gasteiger partial charge in [0.2, 0.25) is 0 Å². The Kier molecular flexibility index (Phi) is 4.62. The van der Waals surface area contributed by atoms with Crippen LogP contribution in [0.15, 0.2) is 30.6 Å². The summed E-state index contributed by atoms with van der Waals surface area (Å²) in [5.74, 6) is 1.64. The summed E-state index contributed by atoms with van der Waals surface area (Å²) in [5, 5.41) is 14.3. The van der Waals surface area contributed by atoms with Crippen molar-refractivity contribution in [1.82, 2.24) is 30.5 Å². The smallest absolute Gasteiger partial charge is 0.163 e. The average molecular weight is 349 g/mol. The first-order valence-electron chi connectivity index (χ1n) is 8.97. The van der Waals surface area contributed by atoms with E-state index in [9.17, 15) is 0 Å². The molecule has 4 rings (SSSR count). The number of aromatic nitrogens is 5. The number of pyridine rings is 1. The Morgan fingerprint density at radius 2 is 2.23 bits per heavy atom. The van der Waals surface area contributed by atoms with Gasteiger partial charge >= 0.3 is 0 Å². The van der Waals surface area contributed by atoms with E-state index in [1.807, 2.05) is 19.1 Å². The van der Waals surface area contributed by atoms with E-state index in [-0.39, 0.29) is 6.04 Å². The number of nitrogens with one attached hydrogen (secondary N) is 3. The summed E-state index contributed by atoms with van der Waals surface area (Å²) in [6, 6.07) is 6.20. The molecule has 0 unspecified atom stereocenters. The number of rotatable bonds is 5. The molecule has 0 amide bonds. The number of nitrogens with zero attached hydrogens (tertiary/aromatic N) is 4. The van der Waals surface area contributed by atoms with E-state index < -0.39 is 0 Å². The SMILES string of the molecule is Cc1cc(C[C@H](C)Nc2nc(-c3cccnc3)nc3c2CCNC3)n[nH]1. The maximum atomic E-state index is 4.82. The van der Waals surface area contributed by atoms with Crippen LogP contribution in [-0.4, -0.2) is 37.7 Å². The zero-order chi connectivity index (χ0) is 17.9. The minimum absolute atomic E-state index is 0.216. The summed E-state index contributed by atoms with van der Waals surface area (Å²) in [6.07, 6.45) is 5.33. The number of hydrogen-bond acceptors (Lipinski definition) is 6. The van der Waals surface area contributed by atoms with Crippen molar-refractivity contribution < 1.29 is 0 Å². The van der Waals surface area contributed by atoms with Gasteiger partial charge in [-0.2, -0.15) is 5.10 Å². The average Bonchev–Trinajstić information content (AvgIpc) is 3.07. The van der Waals surface area contributed by atoms with Crippen LogP contribution in [-0.2, 0) is 19.4 Å². The molecule has 0 radical (unpaired) electrons. The molecule has 3 N–H and O–H groups in total. The third-order valence-electron chi connectivity index (χ3n) is 4.51. The van der Waals surface area contributed by atoms with Gasteiger partial charge in [-0.05, 0) is 45.0 Å². The Hall–Kier alpha value is -2.80. The molecule has 3 aromatic heterocycles. The van der Waals surface area contributed by atoms with Crippen molar-refractivity contribution in [3.8, 4) is 11.4 Å². The molecule has 7 nitrogen and oxygen atoms in total. The van der Waals surface area contributed by atoms with E-state index in [1.165, 1.54) is 5.56 Å². The zero-order valence-electron chi connectivity index (χ0n) is 15.1. The maximum absolute atomic E-state index is 4.82. The molecule has 0 saturated carbocycles. The van der Waals surface area contributed by atoms with Gasteiger partial charge in [0.05, 0.1) is 11.4 Å². The second-order valence-corrected chi connectivity index (χ2v) is 6.78. The molecule has 26 heavy (non-hydrogen) atoms. The van der Waals surface area contributed by atoms with E-state index >= 15 is 0 Å². The van der Waals surface area contributed by atoms with Crippen LogP contribution in [0, 0.1) is 6.92 Å². The summed E-state index contributed by atoms with van der Waals surface area (Å²) in [4.78, 5) is 13.8. The van der Waals surface area contributed by atoms with Crippen molar-refractivity contribution in [3.63, 3.8) is 0 Å². The quantitative estimate of drug-likeness (QED) is 0.654. The highest BCUT2D eigenvalue weighted by atomic mass is 15.1. The van der Waals surface area contributed by atoms with Crippen molar-refractivity contribution in [2.24, 2.45) is 0 Å². The van der Waals surface area contributed by atoms with Gasteiger partial charge in [0.25, 0.3) is 0 Å². The molecule has 0 spiro atoms. The predicted molar refractivity (Wildman–Crippen MR) is 101 cm³/mol. The van der Waals surface area contributed by atoms with Gasteiger partial charge in [-0.1, -0.05) is 0 Å². The predicted octanol–water partition coefficient (Wildman–Crippen LogP) is 2.26. The maximum Gasteiger partial charge on any atom is 0.163 e. The Balaban J connectivity index is 1.63. The Labute approximate surface area is 152 Å². The van der Waals surface area contributed by atoms with Gasteiger partial charge in [-0.15, -0.1) is 0 Å². The van der Waals surface area contributed by atoms with Crippen LogP contribution in [0.5, 0.6) is 0 Å². The molecule has 0 bridgehead atoms. The number of anilines is 1. The van der Waals surface area contributed by atoms with Gasteiger partial charge in [0.1, 0.15) is 5.82 Å². The molecular formula is C19H23N7. The first-order valence-corrected chi connectivity index (χ1v) is 8.97. The largest absolute Gasteiger partial charge is 0.367 e. The van der Waals surface area contributed by atoms with Crippen molar-refractivity contribution in [1.29, 1.82) is 0 Å². The molecule has 7 heteroatoms. The fourth-order valence-electron chi connectivity index (χ4n) is 3.28. The van der Waals surface area contributed by atoms with Gasteiger partial charge in [-0.25, -0.2) is 9.97 Å². The molecule has 0 aliphatic carbocycles. The molecule has 1 atom stereocenters. The van der Waals surface area contributed by atoms with E-state index in [0.29, 0.717) is 5.82 Å². The molecule has 1 aliphatic heterocycles. The van der Waals surface area contributed by atoms with Crippen LogP contribution >= 0.6 is 0 Å². The number of aromatic amines is 1. The van der Waals surface area contributed by atoms with Crippen LogP contribution in [0.1, 0.15) is 29.6 Å². The second kappa shape index (κ2) is 7.21. The van der Waals surface area contributed by atoms with Gasteiger partial charge < -0.3 is 10.6 Å². The van der Waals surface area contributed by atoms with Crippen LogP contribution in [0.2, 0.25) is 0 Å². The van der Waals surface area contributed by atoms with Crippen LogP contribution in [0.3, 0.4) is 0 Å². The number of H-pyrrole nitrogens is 1. The molecule has 134 valence electrons. The first-order chi connectivity index (χ1) is 12.7. The minimum atomic E-state index is 0.216. The first kappa shape index (κ1) is 16.7. The van der Waals surface area contributed by atoms with E-state index in [0.717, 1.165) is 54.4 Å². The highest BCUT2D eigenvalue weighted by molar-refractivity contribution is 5.59. The van der Waals surface area contributed by atoms with Crippen molar-refractivity contribution >= 4 is 5.82 Å². The Morgan fingerprint density at radius 3 is 3.00 bits per heavy atom. The van der Waals surface area contributed by atoms with E-state index in [4.69, 9.17) is 9.97 Å². The van der Waals surface area contributed by atoms with Gasteiger partial charge in [0, 0.05) is 48.2 Å². The lowest BCUT2D eigenvalue weighted by molar-refractivity contribution is 0.623. The van der Waals surface area contributed by atoms with E-state index in [1.54, 1.807) is 12.4 Å².